The van der Waals surface area contributed by atoms with Gasteiger partial charge < -0.3 is 10.1 Å². The molecule has 2 atom stereocenters. The number of halogens is 3. The molecular formula is C14H18F3NO. The monoisotopic (exact) mass is 273 g/mol. The average molecular weight is 273 g/mol. The fraction of sp³-hybridized carbons (Fsp3) is 0.571. The number of hydrogen-bond donors (Lipinski definition) is 1. The van der Waals surface area contributed by atoms with E-state index >= 15 is 0 Å². The van der Waals surface area contributed by atoms with Crippen molar-refractivity contribution >= 4 is 0 Å². The molecule has 2 aliphatic rings. The molecule has 1 N–H and O–H groups in total. The predicted molar refractivity (Wildman–Crippen MR) is 67.8 cm³/mol. The van der Waals surface area contributed by atoms with E-state index in [0.717, 1.165) is 12.2 Å². The molecule has 106 valence electrons. The first-order chi connectivity index (χ1) is 8.91. The van der Waals surface area contributed by atoms with E-state index in [4.69, 9.17) is 4.74 Å². The summed E-state index contributed by atoms with van der Waals surface area (Å²) >= 11 is 0. The molecule has 5 heteroatoms. The van der Waals surface area contributed by atoms with Gasteiger partial charge in [0.05, 0.1) is 17.8 Å². The Bertz CT molecular complexity index is 401. The zero-order valence-corrected chi connectivity index (χ0v) is 10.8. The summed E-state index contributed by atoms with van der Waals surface area (Å²) < 4.78 is 43.9. The first kappa shape index (κ1) is 14.3. The van der Waals surface area contributed by atoms with Crippen molar-refractivity contribution < 1.29 is 17.9 Å². The minimum absolute atomic E-state index is 0.281. The van der Waals surface area contributed by atoms with Gasteiger partial charge in [0.1, 0.15) is 0 Å². The number of ether oxygens (including phenoxy) is 1. The van der Waals surface area contributed by atoms with Gasteiger partial charge in [-0.2, -0.15) is 13.2 Å². The van der Waals surface area contributed by atoms with Gasteiger partial charge in [-0.25, -0.2) is 0 Å². The second kappa shape index (κ2) is 5.51. The molecule has 0 aromatic rings. The minimum Gasteiger partial charge on any atom is -0.368 e. The van der Waals surface area contributed by atoms with E-state index in [2.05, 4.69) is 5.32 Å². The summed E-state index contributed by atoms with van der Waals surface area (Å²) in [5, 5.41) is 3.31. The Morgan fingerprint density at radius 1 is 1.42 bits per heavy atom. The summed E-state index contributed by atoms with van der Waals surface area (Å²) in [6.07, 6.45) is 3.94. The van der Waals surface area contributed by atoms with Gasteiger partial charge in [-0.1, -0.05) is 30.4 Å². The molecule has 0 bridgehead atoms. The summed E-state index contributed by atoms with van der Waals surface area (Å²) in [6.45, 7) is 3.23. The standard InChI is InChI=1S/C14H18F3NO/c1-11-9-19-13(10-18-11)7-3-2-5-12(6-4-8-13)14(15,16)17/h2,4-6,8,11,18H,3,7,9-10H2,1H3/b5-2-,8-4+,12-6+/t11?,13-/m0/s1. The molecule has 1 fully saturated rings. The van der Waals surface area contributed by atoms with Crippen molar-refractivity contribution in [2.45, 2.75) is 37.6 Å². The van der Waals surface area contributed by atoms with Crippen LogP contribution in [0.25, 0.3) is 0 Å². The molecule has 19 heavy (non-hydrogen) atoms. The summed E-state index contributed by atoms with van der Waals surface area (Å²) in [5.74, 6) is 0. The predicted octanol–water partition coefficient (Wildman–Crippen LogP) is 3.13. The van der Waals surface area contributed by atoms with Gasteiger partial charge in [-0.3, -0.25) is 0 Å². The van der Waals surface area contributed by atoms with E-state index in [1.54, 1.807) is 12.2 Å². The molecule has 2 nitrogen and oxygen atoms in total. The van der Waals surface area contributed by atoms with E-state index < -0.39 is 17.4 Å². The van der Waals surface area contributed by atoms with Crippen LogP contribution in [0.3, 0.4) is 0 Å². The smallest absolute Gasteiger partial charge is 0.368 e. The topological polar surface area (TPSA) is 21.3 Å². The lowest BCUT2D eigenvalue weighted by Gasteiger charge is -2.38. The van der Waals surface area contributed by atoms with Crippen molar-refractivity contribution in [3.63, 3.8) is 0 Å². The Kier molecular flexibility index (Phi) is 4.16. The lowest BCUT2D eigenvalue weighted by molar-refractivity contribution is -0.0881. The number of rotatable bonds is 0. The van der Waals surface area contributed by atoms with Gasteiger partial charge in [0.25, 0.3) is 0 Å². The molecule has 1 heterocycles. The van der Waals surface area contributed by atoms with Gasteiger partial charge in [0.15, 0.2) is 0 Å². The molecule has 0 aromatic heterocycles. The molecular weight excluding hydrogens is 255 g/mol. The highest BCUT2D eigenvalue weighted by Gasteiger charge is 2.34. The van der Waals surface area contributed by atoms with E-state index in [9.17, 15) is 13.2 Å². The second-order valence-electron chi connectivity index (χ2n) is 5.08. The highest BCUT2D eigenvalue weighted by Crippen LogP contribution is 2.29. The van der Waals surface area contributed by atoms with Crippen molar-refractivity contribution in [3.8, 4) is 0 Å². The van der Waals surface area contributed by atoms with Crippen LogP contribution in [0.1, 0.15) is 19.8 Å². The SMILES string of the molecule is CC1CO[C@@]2(/C=C/C=C(C(F)(F)F)\C=C/CC2)CN1. The Morgan fingerprint density at radius 2 is 2.21 bits per heavy atom. The van der Waals surface area contributed by atoms with Crippen molar-refractivity contribution in [3.05, 3.63) is 36.0 Å². The highest BCUT2D eigenvalue weighted by atomic mass is 19.4. The molecule has 0 radical (unpaired) electrons. The van der Waals surface area contributed by atoms with Gasteiger partial charge in [-0.05, 0) is 19.8 Å². The van der Waals surface area contributed by atoms with Crippen LogP contribution in [-0.4, -0.2) is 31.0 Å². The number of nitrogens with one attached hydrogen (secondary N) is 1. The van der Waals surface area contributed by atoms with Gasteiger partial charge >= 0.3 is 6.18 Å². The van der Waals surface area contributed by atoms with E-state index in [1.165, 1.54) is 6.08 Å². The molecule has 0 aromatic carbocycles. The summed E-state index contributed by atoms with van der Waals surface area (Å²) in [5.41, 5.74) is -1.12. The maximum atomic E-state index is 12.7. The minimum atomic E-state index is -4.31. The first-order valence-electron chi connectivity index (χ1n) is 6.42. The zero-order chi connectivity index (χ0) is 13.9. The third-order valence-electron chi connectivity index (χ3n) is 3.41. The van der Waals surface area contributed by atoms with E-state index in [-0.39, 0.29) is 6.04 Å². The van der Waals surface area contributed by atoms with Crippen molar-refractivity contribution in [2.24, 2.45) is 0 Å². The number of alkyl halides is 3. The molecule has 2 rings (SSSR count). The van der Waals surface area contributed by atoms with Crippen LogP contribution in [-0.2, 0) is 4.74 Å². The normalized spacial score (nSPS) is 38.7. The molecule has 1 saturated heterocycles. The molecule has 1 spiro atoms. The van der Waals surface area contributed by atoms with Crippen LogP contribution in [0.15, 0.2) is 36.0 Å². The van der Waals surface area contributed by atoms with Crippen molar-refractivity contribution in [1.82, 2.24) is 5.32 Å². The quantitative estimate of drug-likeness (QED) is 0.732. The highest BCUT2D eigenvalue weighted by molar-refractivity contribution is 5.30. The maximum absolute atomic E-state index is 12.7. The molecule has 0 saturated carbocycles. The van der Waals surface area contributed by atoms with E-state index in [0.29, 0.717) is 26.0 Å². The molecule has 1 aliphatic heterocycles. The zero-order valence-electron chi connectivity index (χ0n) is 10.8. The summed E-state index contributed by atoms with van der Waals surface area (Å²) in [4.78, 5) is 0. The largest absolute Gasteiger partial charge is 0.416 e. The Balaban J connectivity index is 2.18. The lowest BCUT2D eigenvalue weighted by atomic mass is 9.94. The average Bonchev–Trinajstić information content (AvgIpc) is 2.43. The first-order valence-corrected chi connectivity index (χ1v) is 6.42. The van der Waals surface area contributed by atoms with Crippen LogP contribution in [0, 0.1) is 0 Å². The van der Waals surface area contributed by atoms with Crippen molar-refractivity contribution in [1.29, 1.82) is 0 Å². The van der Waals surface area contributed by atoms with Gasteiger partial charge in [0, 0.05) is 12.6 Å². The fourth-order valence-corrected chi connectivity index (χ4v) is 2.21. The third kappa shape index (κ3) is 3.70. The van der Waals surface area contributed by atoms with Gasteiger partial charge in [-0.15, -0.1) is 0 Å². The van der Waals surface area contributed by atoms with Gasteiger partial charge in [0.2, 0.25) is 0 Å². The Labute approximate surface area is 111 Å². The van der Waals surface area contributed by atoms with Crippen molar-refractivity contribution in [2.75, 3.05) is 13.2 Å². The second-order valence-corrected chi connectivity index (χ2v) is 5.08. The Hall–Kier alpha value is -1.07. The summed E-state index contributed by atoms with van der Waals surface area (Å²) in [6, 6.07) is 0.281. The number of allylic oxidation sites excluding steroid dienone is 5. The molecule has 0 amide bonds. The maximum Gasteiger partial charge on any atom is 0.416 e. The van der Waals surface area contributed by atoms with Crippen LogP contribution in [0.5, 0.6) is 0 Å². The summed E-state index contributed by atoms with van der Waals surface area (Å²) in [7, 11) is 0. The van der Waals surface area contributed by atoms with Crippen LogP contribution in [0.4, 0.5) is 13.2 Å². The fourth-order valence-electron chi connectivity index (χ4n) is 2.21. The van der Waals surface area contributed by atoms with Crippen LogP contribution in [0.2, 0.25) is 0 Å². The number of morpholine rings is 1. The van der Waals surface area contributed by atoms with Crippen LogP contribution < -0.4 is 5.32 Å². The molecule has 1 unspecified atom stereocenters. The van der Waals surface area contributed by atoms with E-state index in [1.807, 2.05) is 6.92 Å². The third-order valence-corrected chi connectivity index (χ3v) is 3.41. The lowest BCUT2D eigenvalue weighted by Crippen LogP contribution is -2.52. The van der Waals surface area contributed by atoms with Crippen LogP contribution >= 0.6 is 0 Å². The molecule has 1 aliphatic carbocycles. The number of hydrogen-bond acceptors (Lipinski definition) is 2. The Morgan fingerprint density at radius 3 is 2.84 bits per heavy atom.